The second-order valence-corrected chi connectivity index (χ2v) is 7.49. The van der Waals surface area contributed by atoms with Crippen molar-refractivity contribution in [3.8, 4) is 39.9 Å². The van der Waals surface area contributed by atoms with Crippen molar-refractivity contribution in [2.45, 2.75) is 0 Å². The molecule has 0 aliphatic heterocycles. The van der Waals surface area contributed by atoms with Gasteiger partial charge in [0, 0.05) is 22.6 Å². The number of anilines is 1. The number of methoxy groups -OCH3 is 5. The predicted octanol–water partition coefficient (Wildman–Crippen LogP) is 4.69. The molecule has 0 aliphatic carbocycles. The third-order valence-corrected chi connectivity index (χ3v) is 5.68. The number of aromatic nitrogens is 1. The lowest BCUT2D eigenvalue weighted by atomic mass is 9.96. The standard InChI is InChI=1S/C26H26N2O6/c1-30-16-7-8-17-19(13-16)28-24(23(17)14-6-9-20(31-2)18(27)10-14)25(29)15-11-21(32-3)26(34-5)22(12-15)33-4/h6-13,28H,27H2,1-5H3. The summed E-state index contributed by atoms with van der Waals surface area (Å²) in [7, 11) is 7.68. The average molecular weight is 463 g/mol. The molecule has 4 aromatic rings. The van der Waals surface area contributed by atoms with Crippen LogP contribution in [-0.2, 0) is 0 Å². The van der Waals surface area contributed by atoms with E-state index in [9.17, 15) is 4.79 Å². The SMILES string of the molecule is COc1ccc2c(-c3ccc(OC)c(N)c3)c(C(=O)c3cc(OC)c(OC)c(OC)c3)[nH]c2c1. The number of nitrogens with one attached hydrogen (secondary N) is 1. The monoisotopic (exact) mass is 462 g/mol. The Hall–Kier alpha value is -4.33. The number of ether oxygens (including phenoxy) is 5. The summed E-state index contributed by atoms with van der Waals surface area (Å²) in [6, 6.07) is 14.3. The largest absolute Gasteiger partial charge is 0.497 e. The number of carbonyl (C=O) groups is 1. The van der Waals surface area contributed by atoms with Crippen LogP contribution in [0.1, 0.15) is 16.1 Å². The number of hydrogen-bond acceptors (Lipinski definition) is 7. The highest BCUT2D eigenvalue weighted by Gasteiger charge is 2.24. The molecule has 0 amide bonds. The fourth-order valence-electron chi connectivity index (χ4n) is 4.02. The van der Waals surface area contributed by atoms with Gasteiger partial charge in [0.2, 0.25) is 11.5 Å². The maximum Gasteiger partial charge on any atom is 0.210 e. The summed E-state index contributed by atoms with van der Waals surface area (Å²) in [5, 5.41) is 0.848. The lowest BCUT2D eigenvalue weighted by Crippen LogP contribution is -2.06. The van der Waals surface area contributed by atoms with Gasteiger partial charge in [-0.15, -0.1) is 0 Å². The van der Waals surface area contributed by atoms with Gasteiger partial charge in [0.15, 0.2) is 11.5 Å². The van der Waals surface area contributed by atoms with Gasteiger partial charge in [-0.25, -0.2) is 0 Å². The maximum absolute atomic E-state index is 13.8. The number of carbonyl (C=O) groups excluding carboxylic acids is 1. The van der Waals surface area contributed by atoms with E-state index in [-0.39, 0.29) is 5.78 Å². The van der Waals surface area contributed by atoms with Gasteiger partial charge in [0.05, 0.1) is 52.4 Å². The van der Waals surface area contributed by atoms with Crippen LogP contribution >= 0.6 is 0 Å². The van der Waals surface area contributed by atoms with Gasteiger partial charge in [-0.2, -0.15) is 0 Å². The van der Waals surface area contributed by atoms with Crippen molar-refractivity contribution >= 4 is 22.4 Å². The number of hydrogen-bond donors (Lipinski definition) is 2. The number of nitrogen functional groups attached to an aromatic ring is 1. The maximum atomic E-state index is 13.8. The van der Waals surface area contributed by atoms with E-state index in [0.29, 0.717) is 51.3 Å². The molecule has 0 spiro atoms. The second kappa shape index (κ2) is 9.27. The fourth-order valence-corrected chi connectivity index (χ4v) is 4.02. The normalized spacial score (nSPS) is 10.7. The predicted molar refractivity (Wildman–Crippen MR) is 131 cm³/mol. The number of ketones is 1. The van der Waals surface area contributed by atoms with Crippen molar-refractivity contribution < 1.29 is 28.5 Å². The molecule has 0 aliphatic rings. The Bertz CT molecular complexity index is 1350. The van der Waals surface area contributed by atoms with Crippen LogP contribution in [0.3, 0.4) is 0 Å². The molecule has 34 heavy (non-hydrogen) atoms. The van der Waals surface area contributed by atoms with Crippen molar-refractivity contribution in [2.24, 2.45) is 0 Å². The van der Waals surface area contributed by atoms with E-state index >= 15 is 0 Å². The molecule has 0 atom stereocenters. The van der Waals surface area contributed by atoms with Crippen LogP contribution in [0.15, 0.2) is 48.5 Å². The van der Waals surface area contributed by atoms with Gasteiger partial charge >= 0.3 is 0 Å². The minimum absolute atomic E-state index is 0.251. The quantitative estimate of drug-likeness (QED) is 0.289. The zero-order valence-corrected chi connectivity index (χ0v) is 19.6. The van der Waals surface area contributed by atoms with Crippen LogP contribution in [0, 0.1) is 0 Å². The van der Waals surface area contributed by atoms with E-state index in [1.807, 2.05) is 24.3 Å². The Morgan fingerprint density at radius 1 is 0.765 bits per heavy atom. The first-order chi connectivity index (χ1) is 16.4. The van der Waals surface area contributed by atoms with Gasteiger partial charge in [-0.05, 0) is 42.0 Å². The van der Waals surface area contributed by atoms with Gasteiger partial charge < -0.3 is 34.4 Å². The van der Waals surface area contributed by atoms with Crippen LogP contribution in [0.2, 0.25) is 0 Å². The van der Waals surface area contributed by atoms with Crippen LogP contribution in [0.4, 0.5) is 5.69 Å². The molecule has 4 rings (SSSR count). The molecule has 0 radical (unpaired) electrons. The summed E-state index contributed by atoms with van der Waals surface area (Å²) in [5.74, 6) is 2.16. The van der Waals surface area contributed by atoms with E-state index < -0.39 is 0 Å². The van der Waals surface area contributed by atoms with Crippen molar-refractivity contribution in [1.29, 1.82) is 0 Å². The lowest BCUT2D eigenvalue weighted by molar-refractivity contribution is 0.103. The van der Waals surface area contributed by atoms with Gasteiger partial charge in [-0.1, -0.05) is 6.07 Å². The molecule has 1 aromatic heterocycles. The molecule has 8 nitrogen and oxygen atoms in total. The molecule has 0 saturated heterocycles. The lowest BCUT2D eigenvalue weighted by Gasteiger charge is -2.14. The third kappa shape index (κ3) is 3.83. The fraction of sp³-hybridized carbons (Fsp3) is 0.192. The zero-order valence-electron chi connectivity index (χ0n) is 19.6. The van der Waals surface area contributed by atoms with Crippen molar-refractivity contribution in [1.82, 2.24) is 4.98 Å². The molecule has 0 unspecified atom stereocenters. The highest BCUT2D eigenvalue weighted by molar-refractivity contribution is 6.17. The van der Waals surface area contributed by atoms with E-state index in [1.165, 1.54) is 21.3 Å². The highest BCUT2D eigenvalue weighted by atomic mass is 16.5. The number of fused-ring (bicyclic) bond motifs is 1. The van der Waals surface area contributed by atoms with Crippen molar-refractivity contribution in [3.63, 3.8) is 0 Å². The molecule has 0 fully saturated rings. The first-order valence-electron chi connectivity index (χ1n) is 10.4. The summed E-state index contributed by atoms with van der Waals surface area (Å²) in [5.41, 5.74) is 9.65. The van der Waals surface area contributed by atoms with Crippen LogP contribution in [-0.4, -0.2) is 46.3 Å². The van der Waals surface area contributed by atoms with E-state index in [0.717, 1.165) is 16.5 Å². The van der Waals surface area contributed by atoms with E-state index in [4.69, 9.17) is 29.4 Å². The highest BCUT2D eigenvalue weighted by Crippen LogP contribution is 2.41. The van der Waals surface area contributed by atoms with E-state index in [1.54, 1.807) is 38.5 Å². The summed E-state index contributed by atoms with van der Waals surface area (Å²) >= 11 is 0. The number of rotatable bonds is 8. The topological polar surface area (TPSA) is 105 Å². The first-order valence-corrected chi connectivity index (χ1v) is 10.4. The molecule has 176 valence electrons. The van der Waals surface area contributed by atoms with Gasteiger partial charge in [0.1, 0.15) is 11.5 Å². The Balaban J connectivity index is 1.96. The molecular formula is C26H26N2O6. The van der Waals surface area contributed by atoms with Crippen LogP contribution in [0.5, 0.6) is 28.7 Å². The van der Waals surface area contributed by atoms with Crippen molar-refractivity contribution in [3.05, 3.63) is 59.8 Å². The van der Waals surface area contributed by atoms with Crippen LogP contribution in [0.25, 0.3) is 22.0 Å². The number of nitrogens with two attached hydrogens (primary N) is 1. The average Bonchev–Trinajstić information content (AvgIpc) is 3.25. The molecule has 3 N–H and O–H groups in total. The summed E-state index contributed by atoms with van der Waals surface area (Å²) in [6.45, 7) is 0. The number of benzene rings is 3. The number of H-pyrrole nitrogens is 1. The molecule has 3 aromatic carbocycles. The van der Waals surface area contributed by atoms with Gasteiger partial charge in [-0.3, -0.25) is 4.79 Å². The Morgan fingerprint density at radius 3 is 2.00 bits per heavy atom. The van der Waals surface area contributed by atoms with Crippen molar-refractivity contribution in [2.75, 3.05) is 41.3 Å². The second-order valence-electron chi connectivity index (χ2n) is 7.49. The molecule has 0 saturated carbocycles. The smallest absolute Gasteiger partial charge is 0.210 e. The van der Waals surface area contributed by atoms with Crippen LogP contribution < -0.4 is 29.4 Å². The third-order valence-electron chi connectivity index (χ3n) is 5.68. The van der Waals surface area contributed by atoms with E-state index in [2.05, 4.69) is 4.98 Å². The molecule has 0 bridgehead atoms. The Morgan fingerprint density at radius 2 is 1.44 bits per heavy atom. The minimum atomic E-state index is -0.251. The molecular weight excluding hydrogens is 436 g/mol. The summed E-state index contributed by atoms with van der Waals surface area (Å²) in [6.07, 6.45) is 0. The zero-order chi connectivity index (χ0) is 24.4. The number of aromatic amines is 1. The Labute approximate surface area is 197 Å². The summed E-state index contributed by atoms with van der Waals surface area (Å²) < 4.78 is 26.9. The van der Waals surface area contributed by atoms with Gasteiger partial charge in [0.25, 0.3) is 0 Å². The first kappa shape index (κ1) is 22.8. The Kier molecular flexibility index (Phi) is 6.23. The minimum Gasteiger partial charge on any atom is -0.497 e. The summed E-state index contributed by atoms with van der Waals surface area (Å²) in [4.78, 5) is 17.1. The molecule has 8 heteroatoms. The molecule has 1 heterocycles.